The summed E-state index contributed by atoms with van der Waals surface area (Å²) >= 11 is 2.80. The van der Waals surface area contributed by atoms with Crippen LogP contribution in [0.25, 0.3) is 17.3 Å². The van der Waals surface area contributed by atoms with Gasteiger partial charge in [0.05, 0.1) is 17.2 Å². The highest BCUT2D eigenvalue weighted by molar-refractivity contribution is 8.00. The van der Waals surface area contributed by atoms with E-state index in [2.05, 4.69) is 20.5 Å². The fraction of sp³-hybridized carbons (Fsp3) is 0.200. The van der Waals surface area contributed by atoms with Gasteiger partial charge >= 0.3 is 0 Å². The predicted octanol–water partition coefficient (Wildman–Crippen LogP) is 4.72. The first-order chi connectivity index (χ1) is 14.0. The van der Waals surface area contributed by atoms with E-state index in [1.807, 2.05) is 61.7 Å². The highest BCUT2D eigenvalue weighted by Crippen LogP contribution is 2.31. The van der Waals surface area contributed by atoms with E-state index in [-0.39, 0.29) is 5.91 Å². The second-order valence-electron chi connectivity index (χ2n) is 6.36. The van der Waals surface area contributed by atoms with Crippen molar-refractivity contribution in [2.75, 3.05) is 5.32 Å². The van der Waals surface area contributed by atoms with Crippen LogP contribution in [0.3, 0.4) is 0 Å². The number of thiazole rings is 1. The summed E-state index contributed by atoms with van der Waals surface area (Å²) in [6, 6.07) is 13.4. The highest BCUT2D eigenvalue weighted by Gasteiger charge is 2.23. The number of aromatic nitrogens is 4. The molecule has 3 heterocycles. The molecule has 0 bridgehead atoms. The van der Waals surface area contributed by atoms with E-state index in [1.165, 1.54) is 23.1 Å². The molecule has 29 heavy (non-hydrogen) atoms. The summed E-state index contributed by atoms with van der Waals surface area (Å²) in [5.41, 5.74) is 1.82. The van der Waals surface area contributed by atoms with Crippen LogP contribution < -0.4 is 5.32 Å². The number of benzene rings is 1. The number of nitrogens with zero attached hydrogens (tertiary/aromatic N) is 4. The summed E-state index contributed by atoms with van der Waals surface area (Å²) in [6.45, 7) is 5.75. The third kappa shape index (κ3) is 4.10. The zero-order chi connectivity index (χ0) is 20.4. The number of carbonyl (C=O) groups excluding carboxylic acids is 1. The van der Waals surface area contributed by atoms with Gasteiger partial charge in [0.2, 0.25) is 11.7 Å². The van der Waals surface area contributed by atoms with Crippen LogP contribution in [0.5, 0.6) is 0 Å². The lowest BCUT2D eigenvalue weighted by Crippen LogP contribution is -2.22. The smallest absolute Gasteiger partial charge is 0.239 e. The molecule has 9 heteroatoms. The lowest BCUT2D eigenvalue weighted by atomic mass is 10.3. The van der Waals surface area contributed by atoms with Crippen LogP contribution in [-0.2, 0) is 4.79 Å². The van der Waals surface area contributed by atoms with Crippen LogP contribution in [0.1, 0.15) is 17.5 Å². The van der Waals surface area contributed by atoms with Crippen molar-refractivity contribution in [2.45, 2.75) is 31.2 Å². The predicted molar refractivity (Wildman–Crippen MR) is 115 cm³/mol. The summed E-state index contributed by atoms with van der Waals surface area (Å²) in [6.07, 6.45) is 1.60. The van der Waals surface area contributed by atoms with E-state index in [9.17, 15) is 4.79 Å². The van der Waals surface area contributed by atoms with Crippen LogP contribution in [0.2, 0.25) is 0 Å². The van der Waals surface area contributed by atoms with Crippen molar-refractivity contribution >= 4 is 34.1 Å². The Hall–Kier alpha value is -2.91. The fourth-order valence-electron chi connectivity index (χ4n) is 2.67. The fourth-order valence-corrected chi connectivity index (χ4v) is 4.35. The summed E-state index contributed by atoms with van der Waals surface area (Å²) in [7, 11) is 0. The number of hydrogen-bond donors (Lipinski definition) is 1. The second kappa shape index (κ2) is 8.22. The van der Waals surface area contributed by atoms with Gasteiger partial charge in [-0.15, -0.1) is 21.5 Å². The van der Waals surface area contributed by atoms with Crippen molar-refractivity contribution in [3.05, 3.63) is 59.3 Å². The molecule has 1 atom stereocenters. The van der Waals surface area contributed by atoms with Gasteiger partial charge in [-0.2, -0.15) is 0 Å². The Morgan fingerprint density at radius 3 is 2.62 bits per heavy atom. The van der Waals surface area contributed by atoms with Crippen LogP contribution in [0.4, 0.5) is 5.13 Å². The lowest BCUT2D eigenvalue weighted by molar-refractivity contribution is -0.115. The Morgan fingerprint density at radius 1 is 1.17 bits per heavy atom. The summed E-state index contributed by atoms with van der Waals surface area (Å²) in [4.78, 5) is 18.1. The van der Waals surface area contributed by atoms with Gasteiger partial charge in [-0.25, -0.2) is 4.98 Å². The van der Waals surface area contributed by atoms with Crippen LogP contribution in [-0.4, -0.2) is 30.9 Å². The Bertz CT molecular complexity index is 1100. The minimum absolute atomic E-state index is 0.133. The van der Waals surface area contributed by atoms with Gasteiger partial charge in [0, 0.05) is 10.6 Å². The molecule has 0 aliphatic rings. The molecule has 7 nitrogen and oxygen atoms in total. The third-order valence-corrected chi connectivity index (χ3v) is 6.33. The topological polar surface area (TPSA) is 85.8 Å². The highest BCUT2D eigenvalue weighted by atomic mass is 32.2. The average Bonchev–Trinajstić information content (AvgIpc) is 3.43. The van der Waals surface area contributed by atoms with Crippen molar-refractivity contribution in [1.82, 2.24) is 19.7 Å². The van der Waals surface area contributed by atoms with Gasteiger partial charge in [-0.05, 0) is 45.0 Å². The third-order valence-electron chi connectivity index (χ3n) is 4.30. The first-order valence-corrected chi connectivity index (χ1v) is 10.7. The maximum absolute atomic E-state index is 12.7. The van der Waals surface area contributed by atoms with Crippen molar-refractivity contribution < 1.29 is 9.21 Å². The minimum Gasteiger partial charge on any atom is -0.461 e. The van der Waals surface area contributed by atoms with Gasteiger partial charge in [0.15, 0.2) is 16.0 Å². The van der Waals surface area contributed by atoms with E-state index in [0.717, 1.165) is 16.3 Å². The molecule has 4 rings (SSSR count). The molecule has 0 saturated carbocycles. The molecule has 0 unspecified atom stereocenters. The summed E-state index contributed by atoms with van der Waals surface area (Å²) in [5, 5.41) is 12.3. The quantitative estimate of drug-likeness (QED) is 0.450. The molecule has 4 aromatic rings. The Labute approximate surface area is 176 Å². The largest absolute Gasteiger partial charge is 0.461 e. The van der Waals surface area contributed by atoms with Gasteiger partial charge in [0.25, 0.3) is 0 Å². The van der Waals surface area contributed by atoms with Crippen molar-refractivity contribution in [2.24, 2.45) is 0 Å². The van der Waals surface area contributed by atoms with E-state index in [0.29, 0.717) is 21.9 Å². The lowest BCUT2D eigenvalue weighted by Gasteiger charge is -2.12. The molecule has 0 aliphatic carbocycles. The van der Waals surface area contributed by atoms with E-state index in [4.69, 9.17) is 4.42 Å². The first kappa shape index (κ1) is 19.4. The molecule has 0 radical (unpaired) electrons. The molecule has 1 amide bonds. The Balaban J connectivity index is 1.60. The zero-order valence-electron chi connectivity index (χ0n) is 16.1. The number of nitrogens with one attached hydrogen (secondary N) is 1. The van der Waals surface area contributed by atoms with Crippen LogP contribution in [0, 0.1) is 13.8 Å². The molecule has 0 fully saturated rings. The van der Waals surface area contributed by atoms with Crippen LogP contribution in [0.15, 0.2) is 58.3 Å². The molecule has 1 N–H and O–H groups in total. The maximum atomic E-state index is 12.7. The van der Waals surface area contributed by atoms with Crippen LogP contribution >= 0.6 is 23.1 Å². The number of anilines is 1. The number of rotatable bonds is 6. The number of hydrogen-bond acceptors (Lipinski definition) is 7. The molecular weight excluding hydrogens is 406 g/mol. The van der Waals surface area contributed by atoms with E-state index < -0.39 is 5.25 Å². The molecule has 0 spiro atoms. The number of aryl methyl sites for hydroxylation is 2. The van der Waals surface area contributed by atoms with Gasteiger partial charge < -0.3 is 9.73 Å². The normalized spacial score (nSPS) is 12.1. The molecule has 0 saturated heterocycles. The molecule has 0 aliphatic heterocycles. The SMILES string of the molecule is Cc1nc(NC(=O)[C@@H](C)Sc2nnc(-c3ccco3)n2-c2ccccc2)sc1C. The van der Waals surface area contributed by atoms with Crippen molar-refractivity contribution in [1.29, 1.82) is 0 Å². The molecule has 148 valence electrons. The average molecular weight is 426 g/mol. The number of thioether (sulfide) groups is 1. The standard InChI is InChI=1S/C20H19N5O2S2/c1-12-13(2)28-19(21-12)22-18(26)14(3)29-20-24-23-17(16-10-7-11-27-16)25(20)15-8-5-4-6-9-15/h4-11,14H,1-3H3,(H,21,22,26)/t14-/m1/s1. The molecule has 3 aromatic heterocycles. The van der Waals surface area contributed by atoms with Gasteiger partial charge in [0.1, 0.15) is 0 Å². The molecule has 1 aromatic carbocycles. The molecular formula is C20H19N5O2S2. The van der Waals surface area contributed by atoms with E-state index >= 15 is 0 Å². The first-order valence-electron chi connectivity index (χ1n) is 8.99. The number of para-hydroxylation sites is 1. The second-order valence-corrected chi connectivity index (χ2v) is 8.88. The number of amides is 1. The minimum atomic E-state index is -0.393. The summed E-state index contributed by atoms with van der Waals surface area (Å²) < 4.78 is 7.42. The maximum Gasteiger partial charge on any atom is 0.239 e. The monoisotopic (exact) mass is 425 g/mol. The van der Waals surface area contributed by atoms with E-state index in [1.54, 1.807) is 12.3 Å². The number of carbonyl (C=O) groups is 1. The number of furan rings is 1. The summed E-state index contributed by atoms with van der Waals surface area (Å²) in [5.74, 6) is 1.06. The Morgan fingerprint density at radius 2 is 1.97 bits per heavy atom. The van der Waals surface area contributed by atoms with Crippen molar-refractivity contribution in [3.63, 3.8) is 0 Å². The van der Waals surface area contributed by atoms with Crippen molar-refractivity contribution in [3.8, 4) is 17.3 Å². The Kier molecular flexibility index (Phi) is 5.50. The zero-order valence-corrected chi connectivity index (χ0v) is 17.8. The van der Waals surface area contributed by atoms with Gasteiger partial charge in [-0.3, -0.25) is 9.36 Å². The van der Waals surface area contributed by atoms with Gasteiger partial charge in [-0.1, -0.05) is 30.0 Å².